The van der Waals surface area contributed by atoms with Gasteiger partial charge in [-0.1, -0.05) is 20.3 Å². The molecule has 1 saturated heterocycles. The minimum atomic E-state index is 0.498. The van der Waals surface area contributed by atoms with E-state index in [4.69, 9.17) is 5.84 Å². The van der Waals surface area contributed by atoms with E-state index in [1.807, 2.05) is 0 Å². The van der Waals surface area contributed by atoms with E-state index in [0.717, 1.165) is 5.25 Å². The highest BCUT2D eigenvalue weighted by Gasteiger charge is 2.28. The summed E-state index contributed by atoms with van der Waals surface area (Å²) in [6.07, 6.45) is 2.41. The predicted molar refractivity (Wildman–Crippen MR) is 64.2 cm³/mol. The summed E-state index contributed by atoms with van der Waals surface area (Å²) in [5, 5.41) is 1.44. The number of nitrogens with two attached hydrogens (primary N) is 1. The molecule has 0 radical (unpaired) electrons. The van der Waals surface area contributed by atoms with Crippen LogP contribution in [0.2, 0.25) is 0 Å². The highest BCUT2D eigenvalue weighted by molar-refractivity contribution is 8.07. The summed E-state index contributed by atoms with van der Waals surface area (Å²) in [4.78, 5) is 0. The summed E-state index contributed by atoms with van der Waals surface area (Å²) in [6, 6.07) is 0.498. The van der Waals surface area contributed by atoms with Crippen LogP contribution in [0, 0.1) is 0 Å². The van der Waals surface area contributed by atoms with Crippen LogP contribution in [0.3, 0.4) is 0 Å². The fourth-order valence-corrected chi connectivity index (χ4v) is 4.73. The van der Waals surface area contributed by atoms with Crippen molar-refractivity contribution >= 4 is 23.5 Å². The van der Waals surface area contributed by atoms with Gasteiger partial charge in [0.05, 0.1) is 0 Å². The van der Waals surface area contributed by atoms with Crippen molar-refractivity contribution in [3.8, 4) is 0 Å². The second-order valence-electron chi connectivity index (χ2n) is 3.47. The highest BCUT2D eigenvalue weighted by atomic mass is 32.2. The van der Waals surface area contributed by atoms with Gasteiger partial charge in [-0.15, -0.1) is 0 Å². The van der Waals surface area contributed by atoms with Crippen LogP contribution in [0.25, 0.3) is 0 Å². The molecule has 0 amide bonds. The van der Waals surface area contributed by atoms with Crippen molar-refractivity contribution in [1.82, 2.24) is 5.43 Å². The average Bonchev–Trinajstić information content (AvgIpc) is 2.16. The van der Waals surface area contributed by atoms with Crippen LogP contribution < -0.4 is 11.3 Å². The quantitative estimate of drug-likeness (QED) is 0.560. The van der Waals surface area contributed by atoms with Crippen LogP contribution in [0.4, 0.5) is 0 Å². The molecule has 1 heterocycles. The Bertz CT molecular complexity index is 144. The van der Waals surface area contributed by atoms with E-state index in [1.54, 1.807) is 0 Å². The van der Waals surface area contributed by atoms with Gasteiger partial charge in [0.1, 0.15) is 0 Å². The zero-order valence-corrected chi connectivity index (χ0v) is 10.1. The molecule has 1 aliphatic rings. The third-order valence-corrected chi connectivity index (χ3v) is 5.70. The number of hydrogen-bond donors (Lipinski definition) is 2. The number of nitrogens with one attached hydrogen (secondary N) is 1. The molecule has 0 aromatic carbocycles. The standard InChI is InChI=1S/C9H20N2S2/c1-3-4-8(11-10)9-7(2)12-5-6-13-9/h7-9,11H,3-6,10H2,1-2H3. The molecule has 3 atom stereocenters. The molecule has 0 aliphatic carbocycles. The van der Waals surface area contributed by atoms with Gasteiger partial charge in [-0.25, -0.2) is 0 Å². The molecule has 0 spiro atoms. The summed E-state index contributed by atoms with van der Waals surface area (Å²) in [6.45, 7) is 4.54. The van der Waals surface area contributed by atoms with Gasteiger partial charge in [0.25, 0.3) is 0 Å². The molecule has 78 valence electrons. The Morgan fingerprint density at radius 1 is 1.46 bits per heavy atom. The SMILES string of the molecule is CCCC(NN)C1SCCSC1C. The first kappa shape index (κ1) is 11.7. The van der Waals surface area contributed by atoms with Crippen LogP contribution in [0.1, 0.15) is 26.7 Å². The fraction of sp³-hybridized carbons (Fsp3) is 1.00. The first-order valence-electron chi connectivity index (χ1n) is 4.99. The van der Waals surface area contributed by atoms with Crippen molar-refractivity contribution in [3.05, 3.63) is 0 Å². The molecular formula is C9H20N2S2. The predicted octanol–water partition coefficient (Wildman–Crippen LogP) is 1.86. The number of rotatable bonds is 4. The van der Waals surface area contributed by atoms with Gasteiger partial charge < -0.3 is 0 Å². The van der Waals surface area contributed by atoms with Crippen molar-refractivity contribution in [1.29, 1.82) is 0 Å². The number of hydrogen-bond acceptors (Lipinski definition) is 4. The molecule has 3 unspecified atom stereocenters. The van der Waals surface area contributed by atoms with Crippen LogP contribution in [-0.4, -0.2) is 28.0 Å². The van der Waals surface area contributed by atoms with Gasteiger partial charge in [-0.2, -0.15) is 23.5 Å². The summed E-state index contributed by atoms with van der Waals surface area (Å²) in [7, 11) is 0. The zero-order chi connectivity index (χ0) is 9.68. The number of hydrazine groups is 1. The van der Waals surface area contributed by atoms with E-state index >= 15 is 0 Å². The Hall–Kier alpha value is 0.620. The Morgan fingerprint density at radius 2 is 2.15 bits per heavy atom. The normalized spacial score (nSPS) is 31.6. The lowest BCUT2D eigenvalue weighted by molar-refractivity contribution is 0.469. The van der Waals surface area contributed by atoms with Crippen molar-refractivity contribution in [2.75, 3.05) is 11.5 Å². The zero-order valence-electron chi connectivity index (χ0n) is 8.45. The van der Waals surface area contributed by atoms with Gasteiger partial charge >= 0.3 is 0 Å². The van der Waals surface area contributed by atoms with Crippen LogP contribution in [0.15, 0.2) is 0 Å². The molecule has 0 aromatic heterocycles. The van der Waals surface area contributed by atoms with E-state index in [1.165, 1.54) is 24.3 Å². The van der Waals surface area contributed by atoms with Gasteiger partial charge in [-0.3, -0.25) is 11.3 Å². The highest BCUT2D eigenvalue weighted by Crippen LogP contribution is 2.33. The summed E-state index contributed by atoms with van der Waals surface area (Å²) in [5.41, 5.74) is 2.97. The van der Waals surface area contributed by atoms with Crippen molar-refractivity contribution < 1.29 is 0 Å². The van der Waals surface area contributed by atoms with E-state index in [-0.39, 0.29) is 0 Å². The lowest BCUT2D eigenvalue weighted by Crippen LogP contribution is -2.47. The molecule has 0 saturated carbocycles. The molecule has 13 heavy (non-hydrogen) atoms. The van der Waals surface area contributed by atoms with E-state index in [2.05, 4.69) is 42.8 Å². The average molecular weight is 220 g/mol. The Balaban J connectivity index is 2.44. The van der Waals surface area contributed by atoms with Gasteiger partial charge in [0.15, 0.2) is 0 Å². The Labute approximate surface area is 89.8 Å². The van der Waals surface area contributed by atoms with E-state index < -0.39 is 0 Å². The summed E-state index contributed by atoms with van der Waals surface area (Å²) >= 11 is 4.16. The molecule has 1 aliphatic heterocycles. The smallest absolute Gasteiger partial charge is 0.0339 e. The minimum absolute atomic E-state index is 0.498. The second-order valence-corrected chi connectivity index (χ2v) is 6.24. The summed E-state index contributed by atoms with van der Waals surface area (Å²) < 4.78 is 0. The maximum absolute atomic E-state index is 5.58. The third kappa shape index (κ3) is 3.35. The molecule has 0 aromatic rings. The monoisotopic (exact) mass is 220 g/mol. The number of thioether (sulfide) groups is 2. The lowest BCUT2D eigenvalue weighted by atomic mass is 10.1. The van der Waals surface area contributed by atoms with Crippen molar-refractivity contribution in [3.63, 3.8) is 0 Å². The molecule has 2 nitrogen and oxygen atoms in total. The van der Waals surface area contributed by atoms with Gasteiger partial charge in [0, 0.05) is 28.0 Å². The van der Waals surface area contributed by atoms with Gasteiger partial charge in [0.2, 0.25) is 0 Å². The molecule has 0 bridgehead atoms. The lowest BCUT2D eigenvalue weighted by Gasteiger charge is -2.33. The first-order chi connectivity index (χ1) is 6.29. The molecule has 1 fully saturated rings. The Kier molecular flexibility index (Phi) is 5.55. The van der Waals surface area contributed by atoms with E-state index in [9.17, 15) is 0 Å². The van der Waals surface area contributed by atoms with Crippen LogP contribution in [-0.2, 0) is 0 Å². The molecule has 1 rings (SSSR count). The van der Waals surface area contributed by atoms with Crippen LogP contribution >= 0.6 is 23.5 Å². The topological polar surface area (TPSA) is 38.0 Å². The Morgan fingerprint density at radius 3 is 2.69 bits per heavy atom. The van der Waals surface area contributed by atoms with Crippen molar-refractivity contribution in [2.45, 2.75) is 43.2 Å². The van der Waals surface area contributed by atoms with Crippen molar-refractivity contribution in [2.24, 2.45) is 5.84 Å². The van der Waals surface area contributed by atoms with Gasteiger partial charge in [-0.05, 0) is 6.42 Å². The molecular weight excluding hydrogens is 200 g/mol. The first-order valence-corrected chi connectivity index (χ1v) is 7.08. The summed E-state index contributed by atoms with van der Waals surface area (Å²) in [5.74, 6) is 8.16. The second kappa shape index (κ2) is 6.17. The largest absolute Gasteiger partial charge is 0.271 e. The maximum atomic E-state index is 5.58. The third-order valence-electron chi connectivity index (χ3n) is 2.45. The molecule has 4 heteroatoms. The minimum Gasteiger partial charge on any atom is -0.271 e. The fourth-order valence-electron chi connectivity index (χ4n) is 1.75. The maximum Gasteiger partial charge on any atom is 0.0339 e. The van der Waals surface area contributed by atoms with E-state index in [0.29, 0.717) is 11.3 Å². The van der Waals surface area contributed by atoms with Crippen LogP contribution in [0.5, 0.6) is 0 Å². The molecule has 3 N–H and O–H groups in total.